The Balaban J connectivity index is 0.000000188. The second-order valence-corrected chi connectivity index (χ2v) is 19.3. The molecule has 17 atom stereocenters. The normalized spacial score (nSPS) is 46.2. The number of aromatic hydroxyl groups is 1. The first-order valence-corrected chi connectivity index (χ1v) is 20.6. The summed E-state index contributed by atoms with van der Waals surface area (Å²) in [4.78, 5) is 2.82. The first kappa shape index (κ1) is 44.6. The first-order valence-electron chi connectivity index (χ1n) is 20.6. The molecular formula is C41H64ClNO15. The lowest BCUT2D eigenvalue weighted by molar-refractivity contribution is -0.355. The molecule has 9 aliphatic rings. The number of likely N-dealkylation sites (tertiary alicyclic amines) is 1. The molecule has 0 aromatic heterocycles. The summed E-state index contributed by atoms with van der Waals surface area (Å²) < 4.78 is 28.7. The molecule has 17 heteroatoms. The number of halogens is 1. The van der Waals surface area contributed by atoms with Gasteiger partial charge in [0.25, 0.3) is 0 Å². The average Bonchev–Trinajstić information content (AvgIpc) is 3.93. The van der Waals surface area contributed by atoms with Gasteiger partial charge in [-0.2, -0.15) is 0 Å². The topological polar surface area (TPSA) is 252 Å². The molecule has 7 fully saturated rings. The second-order valence-electron chi connectivity index (χ2n) is 19.3. The van der Waals surface area contributed by atoms with E-state index < -0.39 is 85.8 Å². The van der Waals surface area contributed by atoms with Crippen molar-refractivity contribution >= 4 is 12.4 Å². The van der Waals surface area contributed by atoms with Crippen molar-refractivity contribution in [3.63, 3.8) is 0 Å². The van der Waals surface area contributed by atoms with Gasteiger partial charge in [-0.15, -0.1) is 12.4 Å². The number of phenols is 1. The van der Waals surface area contributed by atoms with Crippen LogP contribution in [0, 0.1) is 22.7 Å². The standard InChI is InChI=1S/C29H41NO4.C12H22O11.ClH/c1-25(2,3)26(4,32)20-15-27-10-11-29(20,33-5)24-28(27)12-13-30(16-17-6-7-17)21(27)14-18-8-9-19(31)23(34-24)22(18)28;13-1-3-5(15)6(16)9(19)12(22-3)23-10-4(2-14)21-11(20)8(18)7(10)17;/h8-9,17,20-21,24,31-32H,6-7,10-16H2,1-5H3;3-20H,1-2H2;1H/t20-,21-,24-,26+,27-,28+,29+;3-,4-,5+,6+,7-,8-,9-,10-,11-,12+;/m11./s1. The molecule has 3 saturated heterocycles. The van der Waals surface area contributed by atoms with E-state index in [9.17, 15) is 46.0 Å². The van der Waals surface area contributed by atoms with Crippen molar-refractivity contribution in [3.8, 4) is 11.5 Å². The SMILES string of the molecule is CO[C@@]12CC[C@@]3(C[C@@H]1[C@](C)(O)C(C)(C)C)[C@H]1Cc4ccc(O)c5c4[C@@]3(CCN1CC1CC1)[C@H]2O5.Cl.OC[C@H]1O[C@@H](O[C@H]2[C@H](O)[C@@H](O)[C@H](O)O[C@@H]2CO)[C@H](O)[C@@H](O)[C@H]1O. The largest absolute Gasteiger partial charge is 0.504 e. The fraction of sp³-hybridized carbons (Fsp3) is 0.854. The number of hydrogen-bond acceptors (Lipinski definition) is 16. The molecular weight excluding hydrogens is 782 g/mol. The Morgan fingerprint density at radius 2 is 1.55 bits per heavy atom. The number of hydrogen-bond donors (Lipinski definition) is 10. The van der Waals surface area contributed by atoms with Crippen LogP contribution in [0.1, 0.15) is 77.3 Å². The lowest BCUT2D eigenvalue weighted by Gasteiger charge is -2.75. The highest BCUT2D eigenvalue weighted by molar-refractivity contribution is 5.85. The predicted octanol–water partition coefficient (Wildman–Crippen LogP) is -0.562. The van der Waals surface area contributed by atoms with Gasteiger partial charge in [0.1, 0.15) is 60.5 Å². The molecule has 0 unspecified atom stereocenters. The number of aliphatic hydroxyl groups is 9. The lowest BCUT2D eigenvalue weighted by Crippen LogP contribution is -2.83. The fourth-order valence-corrected chi connectivity index (χ4v) is 12.1. The van der Waals surface area contributed by atoms with Gasteiger partial charge in [-0.3, -0.25) is 4.90 Å². The van der Waals surface area contributed by atoms with Crippen molar-refractivity contribution in [2.45, 2.75) is 163 Å². The van der Waals surface area contributed by atoms with Gasteiger partial charge in [-0.25, -0.2) is 0 Å². The summed E-state index contributed by atoms with van der Waals surface area (Å²) in [6, 6.07) is 4.46. The third-order valence-electron chi connectivity index (χ3n) is 15.8. The van der Waals surface area contributed by atoms with Crippen molar-refractivity contribution in [3.05, 3.63) is 23.3 Å². The van der Waals surface area contributed by atoms with Gasteiger partial charge in [0, 0.05) is 42.0 Å². The molecule has 5 aliphatic carbocycles. The summed E-state index contributed by atoms with van der Waals surface area (Å²) >= 11 is 0. The van der Waals surface area contributed by atoms with E-state index in [1.165, 1.54) is 30.5 Å². The molecule has 330 valence electrons. The molecule has 4 aliphatic heterocycles. The van der Waals surface area contributed by atoms with Gasteiger partial charge >= 0.3 is 0 Å². The Kier molecular flexibility index (Phi) is 11.9. The van der Waals surface area contributed by atoms with Gasteiger partial charge in [0.15, 0.2) is 24.1 Å². The van der Waals surface area contributed by atoms with Gasteiger partial charge in [0.05, 0.1) is 18.8 Å². The maximum absolute atomic E-state index is 12.2. The highest BCUT2D eigenvalue weighted by atomic mass is 35.5. The van der Waals surface area contributed by atoms with Gasteiger partial charge in [-0.05, 0) is 81.4 Å². The van der Waals surface area contributed by atoms with Gasteiger partial charge in [0.2, 0.25) is 0 Å². The van der Waals surface area contributed by atoms with E-state index in [2.05, 4.69) is 31.7 Å². The van der Waals surface area contributed by atoms with E-state index in [4.69, 9.17) is 28.8 Å². The maximum atomic E-state index is 12.2. The minimum atomic E-state index is -1.74. The van der Waals surface area contributed by atoms with Crippen molar-refractivity contribution in [1.82, 2.24) is 4.90 Å². The molecule has 10 N–H and O–H groups in total. The fourth-order valence-electron chi connectivity index (χ4n) is 12.1. The Labute approximate surface area is 345 Å². The van der Waals surface area contributed by atoms with E-state index in [-0.39, 0.29) is 46.4 Å². The van der Waals surface area contributed by atoms with Crippen LogP contribution in [-0.4, -0.2) is 174 Å². The van der Waals surface area contributed by atoms with E-state index in [1.54, 1.807) is 0 Å². The minimum absolute atomic E-state index is 0. The molecule has 2 spiro atoms. The number of fused-ring (bicyclic) bond motifs is 2. The molecule has 4 bridgehead atoms. The van der Waals surface area contributed by atoms with E-state index in [0.717, 1.165) is 44.6 Å². The number of aliphatic hydroxyl groups excluding tert-OH is 8. The number of piperidine rings is 1. The summed E-state index contributed by atoms with van der Waals surface area (Å²) in [5.74, 6) is 1.80. The monoisotopic (exact) mass is 845 g/mol. The van der Waals surface area contributed by atoms with Gasteiger partial charge < -0.3 is 74.7 Å². The van der Waals surface area contributed by atoms with E-state index >= 15 is 0 Å². The quantitative estimate of drug-likeness (QED) is 0.158. The van der Waals surface area contributed by atoms with E-state index in [0.29, 0.717) is 11.8 Å². The Morgan fingerprint density at radius 1 is 0.862 bits per heavy atom. The van der Waals surface area contributed by atoms with Crippen molar-refractivity contribution in [1.29, 1.82) is 0 Å². The van der Waals surface area contributed by atoms with Crippen molar-refractivity contribution in [2.24, 2.45) is 22.7 Å². The zero-order chi connectivity index (χ0) is 41.2. The Morgan fingerprint density at radius 3 is 2.17 bits per heavy atom. The van der Waals surface area contributed by atoms with Gasteiger partial charge in [-0.1, -0.05) is 26.8 Å². The molecule has 0 amide bonds. The van der Waals surface area contributed by atoms with Crippen LogP contribution in [0.2, 0.25) is 0 Å². The number of rotatable bonds is 8. The zero-order valence-electron chi connectivity index (χ0n) is 33.9. The van der Waals surface area contributed by atoms with Crippen LogP contribution in [-0.2, 0) is 30.8 Å². The maximum Gasteiger partial charge on any atom is 0.187 e. The third kappa shape index (κ3) is 6.30. The third-order valence-corrected chi connectivity index (χ3v) is 15.8. The highest BCUT2D eigenvalue weighted by Crippen LogP contribution is 2.78. The molecule has 58 heavy (non-hydrogen) atoms. The molecule has 4 saturated carbocycles. The molecule has 1 aromatic rings. The smallest absolute Gasteiger partial charge is 0.187 e. The zero-order valence-corrected chi connectivity index (χ0v) is 34.7. The summed E-state index contributed by atoms with van der Waals surface area (Å²) in [5.41, 5.74) is 0.783. The summed E-state index contributed by atoms with van der Waals surface area (Å²) in [5, 5.41) is 99.6. The molecule has 4 heterocycles. The lowest BCUT2D eigenvalue weighted by atomic mass is 9.33. The van der Waals surface area contributed by atoms with Crippen LogP contribution >= 0.6 is 12.4 Å². The second kappa shape index (κ2) is 15.4. The average molecular weight is 846 g/mol. The summed E-state index contributed by atoms with van der Waals surface area (Å²) in [6.45, 7) is 9.46. The summed E-state index contributed by atoms with van der Waals surface area (Å²) in [6.07, 6.45) is -7.94. The van der Waals surface area contributed by atoms with E-state index in [1.807, 2.05) is 20.1 Å². The number of methoxy groups -OCH3 is 1. The van der Waals surface area contributed by atoms with Crippen LogP contribution in [0.4, 0.5) is 0 Å². The van der Waals surface area contributed by atoms with Crippen LogP contribution in [0.5, 0.6) is 11.5 Å². The number of phenolic OH excluding ortho intramolecular Hbond substituents is 1. The highest BCUT2D eigenvalue weighted by Gasteiger charge is 2.82. The molecule has 1 aromatic carbocycles. The first-order chi connectivity index (χ1) is 26.8. The number of benzene rings is 1. The van der Waals surface area contributed by atoms with Crippen LogP contribution in [0.3, 0.4) is 0 Å². The molecule has 0 radical (unpaired) electrons. The number of nitrogens with zero attached hydrogens (tertiary/aromatic N) is 1. The van der Waals surface area contributed by atoms with Crippen molar-refractivity contribution in [2.75, 3.05) is 33.4 Å². The minimum Gasteiger partial charge on any atom is -0.504 e. The summed E-state index contributed by atoms with van der Waals surface area (Å²) in [7, 11) is 1.83. The molecule has 10 rings (SSSR count). The number of ether oxygens (including phenoxy) is 5. The van der Waals surface area contributed by atoms with Crippen LogP contribution in [0.15, 0.2) is 12.1 Å². The van der Waals surface area contributed by atoms with Crippen LogP contribution in [0.25, 0.3) is 0 Å². The van der Waals surface area contributed by atoms with Crippen molar-refractivity contribution < 1.29 is 74.7 Å². The Bertz CT molecular complexity index is 1660. The Hall–Kier alpha value is -1.45. The van der Waals surface area contributed by atoms with Crippen LogP contribution < -0.4 is 4.74 Å². The molecule has 16 nitrogen and oxygen atoms in total. The predicted molar refractivity (Wildman–Crippen MR) is 206 cm³/mol.